The maximum Gasteiger partial charge on any atom is 0.253 e. The molecule has 4 rings (SSSR count). The highest BCUT2D eigenvalue weighted by molar-refractivity contribution is 6.28. The molecule has 3 aromatic rings. The molecule has 0 amide bonds. The molecular weight excluding hydrogens is 412 g/mol. The van der Waals surface area contributed by atoms with Crippen LogP contribution in [0.5, 0.6) is 0 Å². The van der Waals surface area contributed by atoms with Crippen LogP contribution in [0, 0.1) is 6.92 Å². The summed E-state index contributed by atoms with van der Waals surface area (Å²) in [6.45, 7) is 8.54. The van der Waals surface area contributed by atoms with Crippen LogP contribution < -0.4 is 10.5 Å². The molecule has 162 valence electrons. The van der Waals surface area contributed by atoms with Gasteiger partial charge in [-0.25, -0.2) is 15.0 Å². The minimum atomic E-state index is 0.0365. The first-order valence-electron chi connectivity index (χ1n) is 10.6. The fourth-order valence-electron chi connectivity index (χ4n) is 4.04. The summed E-state index contributed by atoms with van der Waals surface area (Å²) in [5.74, 6) is 1.01. The molecule has 0 unspecified atom stereocenters. The van der Waals surface area contributed by atoms with Gasteiger partial charge >= 0.3 is 0 Å². The largest absolute Gasteiger partial charge is 0.354 e. The van der Waals surface area contributed by atoms with Crippen molar-refractivity contribution >= 4 is 17.4 Å². The summed E-state index contributed by atoms with van der Waals surface area (Å²) in [6, 6.07) is 6.19. The zero-order valence-electron chi connectivity index (χ0n) is 18.2. The number of hydrogen-bond donors (Lipinski definition) is 0. The van der Waals surface area contributed by atoms with Gasteiger partial charge in [-0.3, -0.25) is 9.69 Å². The highest BCUT2D eigenvalue weighted by Crippen LogP contribution is 2.26. The molecule has 3 aromatic heterocycles. The molecule has 0 bridgehead atoms. The molecule has 0 atom stereocenters. The molecular formula is C23H27ClN6O. The van der Waals surface area contributed by atoms with Crippen molar-refractivity contribution in [1.82, 2.24) is 24.4 Å². The number of piperazine rings is 1. The topological polar surface area (TPSA) is 67.2 Å². The molecule has 4 heterocycles. The predicted molar refractivity (Wildman–Crippen MR) is 124 cm³/mol. The van der Waals surface area contributed by atoms with Gasteiger partial charge < -0.3 is 9.47 Å². The summed E-state index contributed by atoms with van der Waals surface area (Å²) in [4.78, 5) is 29.9. The third kappa shape index (κ3) is 4.78. The summed E-state index contributed by atoms with van der Waals surface area (Å²) in [7, 11) is 1.79. The number of rotatable bonds is 5. The number of aryl methyl sites for hydroxylation is 3. The quantitative estimate of drug-likeness (QED) is 0.570. The molecule has 1 fully saturated rings. The van der Waals surface area contributed by atoms with Gasteiger partial charge in [0.05, 0.1) is 5.69 Å². The normalized spacial score (nSPS) is 14.8. The van der Waals surface area contributed by atoms with E-state index in [1.165, 1.54) is 0 Å². The molecule has 0 radical (unpaired) electrons. The second kappa shape index (κ2) is 9.16. The lowest BCUT2D eigenvalue weighted by Gasteiger charge is -2.35. The molecule has 1 saturated heterocycles. The van der Waals surface area contributed by atoms with Crippen molar-refractivity contribution in [2.24, 2.45) is 7.05 Å². The predicted octanol–water partition coefficient (Wildman–Crippen LogP) is 3.08. The third-order valence-corrected chi connectivity index (χ3v) is 5.94. The molecule has 0 saturated carbocycles. The smallest absolute Gasteiger partial charge is 0.253 e. The Morgan fingerprint density at radius 3 is 2.45 bits per heavy atom. The van der Waals surface area contributed by atoms with E-state index in [0.717, 1.165) is 72.9 Å². The molecule has 7 nitrogen and oxygen atoms in total. The first kappa shape index (κ1) is 21.5. The monoisotopic (exact) mass is 438 g/mol. The Hall–Kier alpha value is -2.77. The molecule has 8 heteroatoms. The summed E-state index contributed by atoms with van der Waals surface area (Å²) >= 11 is 5.77. The maximum atomic E-state index is 12.0. The van der Waals surface area contributed by atoms with Crippen molar-refractivity contribution in [3.63, 3.8) is 0 Å². The number of halogens is 1. The van der Waals surface area contributed by atoms with E-state index >= 15 is 0 Å². The third-order valence-electron chi connectivity index (χ3n) is 5.74. The molecule has 0 aliphatic carbocycles. The van der Waals surface area contributed by atoms with E-state index in [1.54, 1.807) is 24.0 Å². The van der Waals surface area contributed by atoms with Gasteiger partial charge in [0.15, 0.2) is 0 Å². The second-order valence-electron chi connectivity index (χ2n) is 7.97. The number of hydrogen-bond acceptors (Lipinski definition) is 6. The van der Waals surface area contributed by atoms with E-state index in [-0.39, 0.29) is 10.8 Å². The van der Waals surface area contributed by atoms with Gasteiger partial charge in [0.25, 0.3) is 5.56 Å². The van der Waals surface area contributed by atoms with Gasteiger partial charge in [-0.05, 0) is 43.1 Å². The molecule has 0 N–H and O–H groups in total. The van der Waals surface area contributed by atoms with Crippen LogP contribution in [0.4, 0.5) is 5.82 Å². The number of nitrogens with zero attached hydrogens (tertiary/aromatic N) is 6. The van der Waals surface area contributed by atoms with Gasteiger partial charge in [-0.1, -0.05) is 6.92 Å². The van der Waals surface area contributed by atoms with Gasteiger partial charge in [-0.2, -0.15) is 0 Å². The Kier molecular flexibility index (Phi) is 6.34. The van der Waals surface area contributed by atoms with E-state index in [9.17, 15) is 4.79 Å². The zero-order valence-corrected chi connectivity index (χ0v) is 18.9. The van der Waals surface area contributed by atoms with Crippen molar-refractivity contribution in [3.05, 3.63) is 69.2 Å². The lowest BCUT2D eigenvalue weighted by Crippen LogP contribution is -2.46. The Balaban J connectivity index is 1.47. The summed E-state index contributed by atoms with van der Waals surface area (Å²) in [5, 5.41) is 0.280. The highest BCUT2D eigenvalue weighted by atomic mass is 35.5. The standard InChI is InChI=1S/C23H27ClN6O/c1-4-20-19(18-11-16(2)22(31)28(3)15-18)5-6-21(27-20)30-9-7-29(8-10-30)14-17-12-25-23(24)26-13-17/h5-6,11-13,15H,4,7-10,14H2,1-3H3. The Labute approximate surface area is 187 Å². The van der Waals surface area contributed by atoms with Gasteiger partial charge in [0.2, 0.25) is 5.28 Å². The summed E-state index contributed by atoms with van der Waals surface area (Å²) < 4.78 is 1.64. The van der Waals surface area contributed by atoms with E-state index in [1.807, 2.05) is 19.2 Å². The number of anilines is 1. The average Bonchev–Trinajstić information content (AvgIpc) is 2.79. The lowest BCUT2D eigenvalue weighted by atomic mass is 10.0. The van der Waals surface area contributed by atoms with Gasteiger partial charge in [0, 0.05) is 80.6 Å². The van der Waals surface area contributed by atoms with Crippen molar-refractivity contribution < 1.29 is 0 Å². The van der Waals surface area contributed by atoms with Gasteiger partial charge in [-0.15, -0.1) is 0 Å². The lowest BCUT2D eigenvalue weighted by molar-refractivity contribution is 0.249. The van der Waals surface area contributed by atoms with Crippen LogP contribution in [-0.2, 0) is 20.0 Å². The van der Waals surface area contributed by atoms with E-state index in [2.05, 4.69) is 38.8 Å². The summed E-state index contributed by atoms with van der Waals surface area (Å²) in [5.41, 5.74) is 5.03. The average molecular weight is 439 g/mol. The van der Waals surface area contributed by atoms with Crippen molar-refractivity contribution in [2.75, 3.05) is 31.1 Å². The van der Waals surface area contributed by atoms with Crippen LogP contribution >= 0.6 is 11.6 Å². The van der Waals surface area contributed by atoms with E-state index in [4.69, 9.17) is 16.6 Å². The molecule has 1 aliphatic heterocycles. The van der Waals surface area contributed by atoms with E-state index < -0.39 is 0 Å². The molecule has 31 heavy (non-hydrogen) atoms. The molecule has 1 aliphatic rings. The number of pyridine rings is 2. The van der Waals surface area contributed by atoms with Crippen LogP contribution in [0.15, 0.2) is 41.6 Å². The Morgan fingerprint density at radius 1 is 1.10 bits per heavy atom. The minimum absolute atomic E-state index is 0.0365. The fraction of sp³-hybridized carbons (Fsp3) is 0.391. The molecule has 0 spiro atoms. The Morgan fingerprint density at radius 2 is 1.81 bits per heavy atom. The zero-order chi connectivity index (χ0) is 22.0. The molecule has 0 aromatic carbocycles. The fourth-order valence-corrected chi connectivity index (χ4v) is 4.13. The van der Waals surface area contributed by atoms with Crippen LogP contribution in [-0.4, -0.2) is 50.6 Å². The minimum Gasteiger partial charge on any atom is -0.354 e. The van der Waals surface area contributed by atoms with Gasteiger partial charge in [0.1, 0.15) is 5.82 Å². The van der Waals surface area contributed by atoms with Crippen LogP contribution in [0.25, 0.3) is 11.1 Å². The SMILES string of the molecule is CCc1nc(N2CCN(Cc3cnc(Cl)nc3)CC2)ccc1-c1cc(C)c(=O)n(C)c1. The maximum absolute atomic E-state index is 12.0. The first-order valence-corrected chi connectivity index (χ1v) is 10.9. The summed E-state index contributed by atoms with van der Waals surface area (Å²) in [6.07, 6.45) is 6.30. The van der Waals surface area contributed by atoms with Crippen molar-refractivity contribution in [3.8, 4) is 11.1 Å². The van der Waals surface area contributed by atoms with Crippen molar-refractivity contribution in [1.29, 1.82) is 0 Å². The Bertz CT molecular complexity index is 1090. The highest BCUT2D eigenvalue weighted by Gasteiger charge is 2.19. The second-order valence-corrected chi connectivity index (χ2v) is 8.31. The first-order chi connectivity index (χ1) is 14.9. The van der Waals surface area contributed by atoms with Crippen LogP contribution in [0.2, 0.25) is 5.28 Å². The van der Waals surface area contributed by atoms with Crippen molar-refractivity contribution in [2.45, 2.75) is 26.8 Å². The van der Waals surface area contributed by atoms with E-state index in [0.29, 0.717) is 0 Å². The number of aromatic nitrogens is 4. The van der Waals surface area contributed by atoms with Crippen LogP contribution in [0.1, 0.15) is 23.7 Å². The van der Waals surface area contributed by atoms with Crippen LogP contribution in [0.3, 0.4) is 0 Å².